The van der Waals surface area contributed by atoms with Crippen LogP contribution in [0.2, 0.25) is 0 Å². The molecule has 28 heavy (non-hydrogen) atoms. The van der Waals surface area contributed by atoms with Crippen LogP contribution in [0.1, 0.15) is 11.1 Å². The summed E-state index contributed by atoms with van der Waals surface area (Å²) in [4.78, 5) is 13.9. The summed E-state index contributed by atoms with van der Waals surface area (Å²) in [6.45, 7) is 0.716. The van der Waals surface area contributed by atoms with E-state index >= 15 is 0 Å². The van der Waals surface area contributed by atoms with E-state index in [1.165, 1.54) is 6.92 Å². The number of aliphatic hydroxyl groups is 2. The highest BCUT2D eigenvalue weighted by Crippen LogP contribution is 2.51. The number of H-pyrrole nitrogens is 1. The quantitative estimate of drug-likeness (QED) is 0.500. The van der Waals surface area contributed by atoms with Crippen molar-refractivity contribution in [2.24, 2.45) is 0 Å². The summed E-state index contributed by atoms with van der Waals surface area (Å²) in [7, 11) is 0. The second-order valence-corrected chi connectivity index (χ2v) is 6.35. The zero-order valence-electron chi connectivity index (χ0n) is 14.1. The standard InChI is InChI=1S/C16H14ClF6NO4/c1-7-2-12(26)24-13-10(7)3-8(4-11(13)28-6-9(25)5-17)14(27,15(18,19)20)16(21,22)23/h2-4,9,25,27H,5-6H2,1H3,(H,24,26). The number of pyridine rings is 1. The first-order valence-electron chi connectivity index (χ1n) is 7.63. The summed E-state index contributed by atoms with van der Waals surface area (Å²) in [5, 5.41) is 18.9. The molecule has 2 rings (SSSR count). The summed E-state index contributed by atoms with van der Waals surface area (Å²) in [6.07, 6.45) is -13.5. The van der Waals surface area contributed by atoms with Crippen LogP contribution in [0.5, 0.6) is 5.75 Å². The Hall–Kier alpha value is -1.98. The van der Waals surface area contributed by atoms with Gasteiger partial charge in [-0.15, -0.1) is 11.6 Å². The van der Waals surface area contributed by atoms with Crippen LogP contribution in [0.4, 0.5) is 26.3 Å². The number of alkyl halides is 7. The number of hydrogen-bond acceptors (Lipinski definition) is 4. The third kappa shape index (κ3) is 3.91. The van der Waals surface area contributed by atoms with Crippen molar-refractivity contribution in [3.63, 3.8) is 0 Å². The van der Waals surface area contributed by atoms with Crippen LogP contribution < -0.4 is 10.3 Å². The molecule has 0 spiro atoms. The summed E-state index contributed by atoms with van der Waals surface area (Å²) in [5.41, 5.74) is -7.55. The van der Waals surface area contributed by atoms with Gasteiger partial charge in [0.15, 0.2) is 0 Å². The molecule has 0 fully saturated rings. The molecule has 0 bridgehead atoms. The number of benzene rings is 1. The molecule has 1 heterocycles. The van der Waals surface area contributed by atoms with E-state index < -0.39 is 47.5 Å². The zero-order chi connectivity index (χ0) is 21.5. The molecule has 0 radical (unpaired) electrons. The maximum Gasteiger partial charge on any atom is 0.430 e. The summed E-state index contributed by atoms with van der Waals surface area (Å²) >= 11 is 5.39. The lowest BCUT2D eigenvalue weighted by Crippen LogP contribution is -2.53. The molecular weight excluding hydrogens is 420 g/mol. The predicted molar refractivity (Wildman–Crippen MR) is 87.5 cm³/mol. The maximum absolute atomic E-state index is 13.2. The number of aliphatic hydroxyl groups excluding tert-OH is 1. The number of aromatic amines is 1. The number of aryl methyl sites for hydroxylation is 1. The van der Waals surface area contributed by atoms with Gasteiger partial charge in [0.05, 0.1) is 11.4 Å². The van der Waals surface area contributed by atoms with Crippen molar-refractivity contribution in [2.45, 2.75) is 31.0 Å². The number of rotatable bonds is 5. The molecule has 12 heteroatoms. The van der Waals surface area contributed by atoms with E-state index in [2.05, 4.69) is 4.98 Å². The molecule has 3 N–H and O–H groups in total. The van der Waals surface area contributed by atoms with Crippen LogP contribution in [0.25, 0.3) is 10.9 Å². The molecule has 5 nitrogen and oxygen atoms in total. The molecule has 0 aliphatic rings. The predicted octanol–water partition coefficient (Wildman–Crippen LogP) is 3.13. The number of fused-ring (bicyclic) bond motifs is 1. The number of hydrogen-bond donors (Lipinski definition) is 3. The molecule has 1 atom stereocenters. The summed E-state index contributed by atoms with van der Waals surface area (Å²) < 4.78 is 84.4. The van der Waals surface area contributed by atoms with Crippen molar-refractivity contribution in [1.29, 1.82) is 0 Å². The molecule has 1 aromatic carbocycles. The van der Waals surface area contributed by atoms with Gasteiger partial charge < -0.3 is 19.9 Å². The van der Waals surface area contributed by atoms with E-state index in [9.17, 15) is 41.4 Å². The van der Waals surface area contributed by atoms with Crippen molar-refractivity contribution in [3.05, 3.63) is 39.7 Å². The van der Waals surface area contributed by atoms with Crippen LogP contribution >= 0.6 is 11.6 Å². The fourth-order valence-corrected chi connectivity index (χ4v) is 2.62. The van der Waals surface area contributed by atoms with Crippen molar-refractivity contribution in [3.8, 4) is 5.75 Å². The molecule has 0 amide bonds. The molecular formula is C16H14ClF6NO4. The van der Waals surface area contributed by atoms with E-state index in [4.69, 9.17) is 16.3 Å². The largest absolute Gasteiger partial charge is 0.489 e. The molecule has 0 saturated carbocycles. The highest BCUT2D eigenvalue weighted by atomic mass is 35.5. The fourth-order valence-electron chi connectivity index (χ4n) is 2.53. The van der Waals surface area contributed by atoms with Crippen molar-refractivity contribution in [1.82, 2.24) is 4.98 Å². The van der Waals surface area contributed by atoms with E-state index in [1.54, 1.807) is 0 Å². The third-order valence-electron chi connectivity index (χ3n) is 3.97. The monoisotopic (exact) mass is 433 g/mol. The Bertz CT molecular complexity index is 910. The van der Waals surface area contributed by atoms with Gasteiger partial charge in [-0.2, -0.15) is 26.3 Å². The van der Waals surface area contributed by atoms with E-state index in [0.29, 0.717) is 12.1 Å². The minimum atomic E-state index is -6.10. The Kier molecular flexibility index (Phi) is 5.94. The van der Waals surface area contributed by atoms with Crippen LogP contribution in [-0.4, -0.2) is 46.1 Å². The highest BCUT2D eigenvalue weighted by molar-refractivity contribution is 6.18. The van der Waals surface area contributed by atoms with Gasteiger partial charge in [-0.25, -0.2) is 0 Å². The van der Waals surface area contributed by atoms with Gasteiger partial charge in [0.1, 0.15) is 18.5 Å². The number of nitrogens with one attached hydrogen (secondary N) is 1. The average Bonchev–Trinajstić information content (AvgIpc) is 2.56. The van der Waals surface area contributed by atoms with Crippen LogP contribution in [0, 0.1) is 6.92 Å². The first kappa shape index (κ1) is 22.3. The average molecular weight is 434 g/mol. The lowest BCUT2D eigenvalue weighted by molar-refractivity contribution is -0.376. The van der Waals surface area contributed by atoms with E-state index in [1.807, 2.05) is 0 Å². The Balaban J connectivity index is 2.82. The minimum Gasteiger partial charge on any atom is -0.489 e. The zero-order valence-corrected chi connectivity index (χ0v) is 14.8. The normalized spacial score (nSPS) is 14.4. The van der Waals surface area contributed by atoms with Crippen LogP contribution in [-0.2, 0) is 5.60 Å². The van der Waals surface area contributed by atoms with Gasteiger partial charge in [0.25, 0.3) is 5.60 Å². The van der Waals surface area contributed by atoms with Gasteiger partial charge in [-0.3, -0.25) is 4.79 Å². The summed E-state index contributed by atoms with van der Waals surface area (Å²) in [5.74, 6) is -0.910. The topological polar surface area (TPSA) is 82.6 Å². The summed E-state index contributed by atoms with van der Waals surface area (Å²) in [6, 6.07) is 1.76. The fraction of sp³-hybridized carbons (Fsp3) is 0.438. The van der Waals surface area contributed by atoms with Gasteiger partial charge >= 0.3 is 12.4 Å². The lowest BCUT2D eigenvalue weighted by atomic mass is 9.90. The Labute approximate surface area is 158 Å². The van der Waals surface area contributed by atoms with Gasteiger partial charge in [-0.05, 0) is 24.6 Å². The van der Waals surface area contributed by atoms with Crippen molar-refractivity contribution in [2.75, 3.05) is 12.5 Å². The molecule has 1 unspecified atom stereocenters. The lowest BCUT2D eigenvalue weighted by Gasteiger charge is -2.33. The third-order valence-corrected chi connectivity index (χ3v) is 4.33. The molecule has 0 aliphatic carbocycles. The van der Waals surface area contributed by atoms with Gasteiger partial charge in [-0.1, -0.05) is 0 Å². The highest BCUT2D eigenvalue weighted by Gasteiger charge is 2.71. The van der Waals surface area contributed by atoms with Gasteiger partial charge in [0, 0.05) is 17.0 Å². The first-order chi connectivity index (χ1) is 12.7. The van der Waals surface area contributed by atoms with Crippen LogP contribution in [0.3, 0.4) is 0 Å². The van der Waals surface area contributed by atoms with Gasteiger partial charge in [0.2, 0.25) is 5.56 Å². The second kappa shape index (κ2) is 7.45. The molecule has 156 valence electrons. The smallest absolute Gasteiger partial charge is 0.430 e. The van der Waals surface area contributed by atoms with Crippen molar-refractivity contribution >= 4 is 22.5 Å². The Morgan fingerprint density at radius 2 is 1.71 bits per heavy atom. The first-order valence-corrected chi connectivity index (χ1v) is 8.16. The molecule has 0 saturated heterocycles. The molecule has 2 aromatic rings. The Morgan fingerprint density at radius 1 is 1.14 bits per heavy atom. The Morgan fingerprint density at radius 3 is 2.21 bits per heavy atom. The minimum absolute atomic E-state index is 0.0510. The van der Waals surface area contributed by atoms with Crippen molar-refractivity contribution < 1.29 is 41.3 Å². The molecule has 0 aliphatic heterocycles. The maximum atomic E-state index is 13.2. The second-order valence-electron chi connectivity index (χ2n) is 6.04. The SMILES string of the molecule is Cc1cc(=O)[nH]c2c(OCC(O)CCl)cc(C(O)(C(F)(F)F)C(F)(F)F)cc12. The van der Waals surface area contributed by atoms with E-state index in [0.717, 1.165) is 6.07 Å². The van der Waals surface area contributed by atoms with E-state index in [-0.39, 0.29) is 22.3 Å². The van der Waals surface area contributed by atoms with Crippen LogP contribution in [0.15, 0.2) is 23.0 Å². The number of aromatic nitrogens is 1. The number of halogens is 7. The number of ether oxygens (including phenoxy) is 1. The molecule has 1 aromatic heterocycles.